The fraction of sp³-hybridized carbons (Fsp3) is 0.692. The van der Waals surface area contributed by atoms with Crippen LogP contribution in [-0.4, -0.2) is 30.1 Å². The fourth-order valence-electron chi connectivity index (χ4n) is 2.65. The molecule has 2 bridgehead atoms. The van der Waals surface area contributed by atoms with E-state index in [1.54, 1.807) is 0 Å². The molecule has 3 heterocycles. The van der Waals surface area contributed by atoms with Crippen LogP contribution in [0.4, 0.5) is 0 Å². The highest BCUT2D eigenvalue weighted by molar-refractivity contribution is 5.12. The van der Waals surface area contributed by atoms with Crippen LogP contribution >= 0.6 is 0 Å². The maximum absolute atomic E-state index is 5.77. The first kappa shape index (κ1) is 10.6. The van der Waals surface area contributed by atoms with Gasteiger partial charge in [0.1, 0.15) is 6.11 Å². The molecule has 1 atom stereocenters. The van der Waals surface area contributed by atoms with E-state index in [2.05, 4.69) is 23.5 Å². The second kappa shape index (κ2) is 4.28. The van der Waals surface area contributed by atoms with Gasteiger partial charge in [-0.2, -0.15) is 0 Å². The summed E-state index contributed by atoms with van der Waals surface area (Å²) in [5.74, 6) is 3.59. The molecule has 0 aromatic rings. The Kier molecular flexibility index (Phi) is 3.02. The van der Waals surface area contributed by atoms with Crippen molar-refractivity contribution in [2.24, 2.45) is 5.92 Å². The van der Waals surface area contributed by atoms with E-state index in [0.717, 1.165) is 13.0 Å². The van der Waals surface area contributed by atoms with Gasteiger partial charge in [0.05, 0.1) is 0 Å². The number of rotatable bonds is 2. The van der Waals surface area contributed by atoms with E-state index in [1.165, 1.54) is 25.9 Å². The third-order valence-electron chi connectivity index (χ3n) is 3.58. The van der Waals surface area contributed by atoms with Crippen LogP contribution in [0.5, 0.6) is 0 Å². The lowest BCUT2D eigenvalue weighted by molar-refractivity contribution is -0.0770. The topological polar surface area (TPSA) is 12.5 Å². The summed E-state index contributed by atoms with van der Waals surface area (Å²) in [6.45, 7) is 9.37. The molecule has 3 rings (SSSR count). The largest absolute Gasteiger partial charge is 0.434 e. The van der Waals surface area contributed by atoms with Gasteiger partial charge in [0.15, 0.2) is 5.60 Å². The summed E-state index contributed by atoms with van der Waals surface area (Å²) in [7, 11) is 0. The van der Waals surface area contributed by atoms with Crippen LogP contribution in [0.15, 0.2) is 12.7 Å². The molecule has 0 aromatic carbocycles. The van der Waals surface area contributed by atoms with Gasteiger partial charge in [-0.05, 0) is 32.0 Å². The molecule has 3 aliphatic heterocycles. The number of hydrogen-bond acceptors (Lipinski definition) is 2. The molecule has 2 heteroatoms. The standard InChI is InChI=1S/C13H19NO/c1-3-5-10-15-13(4-2)11-14-8-6-12(13)7-9-14/h4,12H,2-3,6-9,11H2,1H3. The van der Waals surface area contributed by atoms with Gasteiger partial charge in [-0.1, -0.05) is 19.4 Å². The Labute approximate surface area is 92.3 Å². The quantitative estimate of drug-likeness (QED) is 0.505. The molecule has 0 N–H and O–H groups in total. The lowest BCUT2D eigenvalue weighted by atomic mass is 9.75. The van der Waals surface area contributed by atoms with Crippen molar-refractivity contribution >= 4 is 0 Å². The van der Waals surface area contributed by atoms with Crippen molar-refractivity contribution in [3.05, 3.63) is 12.7 Å². The molecule has 0 radical (unpaired) electrons. The highest BCUT2D eigenvalue weighted by Crippen LogP contribution is 2.38. The summed E-state index contributed by atoms with van der Waals surface area (Å²) in [5.41, 5.74) is -0.196. The number of piperidine rings is 3. The monoisotopic (exact) mass is 205 g/mol. The van der Waals surface area contributed by atoms with Crippen LogP contribution in [0.2, 0.25) is 0 Å². The van der Waals surface area contributed by atoms with Gasteiger partial charge in [-0.3, -0.25) is 4.90 Å². The molecular weight excluding hydrogens is 186 g/mol. The lowest BCUT2D eigenvalue weighted by Crippen LogP contribution is -2.58. The van der Waals surface area contributed by atoms with Crippen molar-refractivity contribution in [1.82, 2.24) is 4.90 Å². The van der Waals surface area contributed by atoms with E-state index in [0.29, 0.717) is 5.92 Å². The predicted octanol–water partition coefficient (Wildman–Crippen LogP) is 2.02. The number of hydrogen-bond donors (Lipinski definition) is 0. The van der Waals surface area contributed by atoms with E-state index < -0.39 is 0 Å². The molecule has 82 valence electrons. The Morgan fingerprint density at radius 2 is 2.27 bits per heavy atom. The highest BCUT2D eigenvalue weighted by Gasteiger charge is 2.46. The van der Waals surface area contributed by atoms with Gasteiger partial charge in [-0.25, -0.2) is 0 Å². The molecule has 0 aliphatic carbocycles. The second-order valence-corrected chi connectivity index (χ2v) is 4.44. The molecule has 15 heavy (non-hydrogen) atoms. The summed E-state index contributed by atoms with van der Waals surface area (Å²) in [6, 6.07) is 0. The van der Waals surface area contributed by atoms with E-state index in [4.69, 9.17) is 4.74 Å². The van der Waals surface area contributed by atoms with Crippen LogP contribution in [-0.2, 0) is 4.74 Å². The van der Waals surface area contributed by atoms with E-state index in [9.17, 15) is 0 Å². The number of ether oxygens (including phenoxy) is 1. The van der Waals surface area contributed by atoms with E-state index in [1.807, 2.05) is 13.0 Å². The van der Waals surface area contributed by atoms with E-state index >= 15 is 0 Å². The zero-order valence-electron chi connectivity index (χ0n) is 9.46. The summed E-state index contributed by atoms with van der Waals surface area (Å²) < 4.78 is 5.77. The van der Waals surface area contributed by atoms with Crippen molar-refractivity contribution in [3.8, 4) is 12.0 Å². The minimum Gasteiger partial charge on any atom is -0.434 e. The molecule has 1 unspecified atom stereocenters. The van der Waals surface area contributed by atoms with Crippen molar-refractivity contribution in [2.75, 3.05) is 19.6 Å². The molecule has 0 amide bonds. The average Bonchev–Trinajstić information content (AvgIpc) is 2.31. The molecular formula is C13H19NO. The average molecular weight is 205 g/mol. The van der Waals surface area contributed by atoms with Crippen molar-refractivity contribution < 1.29 is 4.74 Å². The molecule has 3 aliphatic rings. The Hall–Kier alpha value is -0.940. The lowest BCUT2D eigenvalue weighted by Gasteiger charge is -2.50. The van der Waals surface area contributed by atoms with Crippen LogP contribution < -0.4 is 0 Å². The molecule has 2 nitrogen and oxygen atoms in total. The smallest absolute Gasteiger partial charge is 0.154 e. The van der Waals surface area contributed by atoms with Gasteiger partial charge in [0, 0.05) is 18.9 Å². The maximum atomic E-state index is 5.77. The third-order valence-corrected chi connectivity index (χ3v) is 3.58. The first-order valence-electron chi connectivity index (χ1n) is 5.82. The number of fused-ring (bicyclic) bond motifs is 3. The van der Waals surface area contributed by atoms with Gasteiger partial charge in [-0.15, -0.1) is 0 Å². The number of nitrogens with zero attached hydrogens (tertiary/aromatic N) is 1. The predicted molar refractivity (Wildman–Crippen MR) is 61.2 cm³/mol. The van der Waals surface area contributed by atoms with E-state index in [-0.39, 0.29) is 5.60 Å². The minimum absolute atomic E-state index is 0.196. The summed E-state index contributed by atoms with van der Waals surface area (Å²) in [4.78, 5) is 2.45. The van der Waals surface area contributed by atoms with Crippen molar-refractivity contribution in [2.45, 2.75) is 31.8 Å². The fourth-order valence-corrected chi connectivity index (χ4v) is 2.65. The molecule has 0 spiro atoms. The highest BCUT2D eigenvalue weighted by atomic mass is 16.5. The Morgan fingerprint density at radius 3 is 2.73 bits per heavy atom. The van der Waals surface area contributed by atoms with Gasteiger partial charge >= 0.3 is 0 Å². The summed E-state index contributed by atoms with van der Waals surface area (Å²) in [6.07, 6.45) is 8.09. The van der Waals surface area contributed by atoms with Crippen LogP contribution in [0.25, 0.3) is 0 Å². The normalized spacial score (nSPS) is 37.9. The minimum atomic E-state index is -0.196. The Morgan fingerprint density at radius 1 is 1.53 bits per heavy atom. The second-order valence-electron chi connectivity index (χ2n) is 4.44. The van der Waals surface area contributed by atoms with Gasteiger partial charge in [0.2, 0.25) is 0 Å². The van der Waals surface area contributed by atoms with Crippen LogP contribution in [0.3, 0.4) is 0 Å². The first-order chi connectivity index (χ1) is 7.30. The van der Waals surface area contributed by atoms with Crippen molar-refractivity contribution in [3.63, 3.8) is 0 Å². The van der Waals surface area contributed by atoms with Crippen LogP contribution in [0, 0.1) is 17.9 Å². The van der Waals surface area contributed by atoms with Crippen molar-refractivity contribution in [1.29, 1.82) is 0 Å². The summed E-state index contributed by atoms with van der Waals surface area (Å²) >= 11 is 0. The molecule has 0 saturated carbocycles. The van der Waals surface area contributed by atoms with Gasteiger partial charge in [0.25, 0.3) is 0 Å². The Balaban J connectivity index is 2.11. The summed E-state index contributed by atoms with van der Waals surface area (Å²) in [5, 5.41) is 0. The third kappa shape index (κ3) is 1.89. The molecule has 3 saturated heterocycles. The van der Waals surface area contributed by atoms with Gasteiger partial charge < -0.3 is 4.74 Å². The zero-order valence-corrected chi connectivity index (χ0v) is 9.46. The zero-order chi connectivity index (χ0) is 10.7. The van der Waals surface area contributed by atoms with Crippen LogP contribution in [0.1, 0.15) is 26.2 Å². The maximum Gasteiger partial charge on any atom is 0.154 e. The Bertz CT molecular complexity index is 293. The SMILES string of the molecule is C=CC1(OC#CCC)CN2CCC1CC2. The molecule has 3 fully saturated rings. The first-order valence-corrected chi connectivity index (χ1v) is 5.82. The molecule has 0 aromatic heterocycles.